The fourth-order valence-corrected chi connectivity index (χ4v) is 5.43. The minimum atomic E-state index is 0.195. The van der Waals surface area contributed by atoms with Gasteiger partial charge in [0, 0.05) is 24.4 Å². The van der Waals surface area contributed by atoms with Crippen molar-refractivity contribution in [3.63, 3.8) is 0 Å². The zero-order valence-corrected chi connectivity index (χ0v) is 13.9. The summed E-state index contributed by atoms with van der Waals surface area (Å²) in [6.45, 7) is 8.69. The summed E-state index contributed by atoms with van der Waals surface area (Å²) < 4.78 is 0. The van der Waals surface area contributed by atoms with Crippen LogP contribution in [0.25, 0.3) is 0 Å². The highest BCUT2D eigenvalue weighted by Crippen LogP contribution is 2.60. The highest BCUT2D eigenvalue weighted by atomic mass is 16.2. The van der Waals surface area contributed by atoms with Crippen molar-refractivity contribution in [1.82, 2.24) is 0 Å². The Labute approximate surface area is 133 Å². The molecule has 0 spiro atoms. The van der Waals surface area contributed by atoms with E-state index in [1.807, 2.05) is 0 Å². The Bertz CT molecular complexity index is 659. The molecule has 2 nitrogen and oxygen atoms in total. The number of allylic oxidation sites excluding steroid dienone is 1. The van der Waals surface area contributed by atoms with Crippen molar-refractivity contribution in [2.75, 3.05) is 4.90 Å². The van der Waals surface area contributed by atoms with Crippen LogP contribution in [0.15, 0.2) is 35.9 Å². The third kappa shape index (κ3) is 1.70. The average Bonchev–Trinajstić information content (AvgIpc) is 2.83. The molecule has 1 aliphatic heterocycles. The van der Waals surface area contributed by atoms with Crippen LogP contribution in [-0.2, 0) is 4.79 Å². The number of nitrogens with zero attached hydrogens (tertiary/aromatic N) is 1. The van der Waals surface area contributed by atoms with Gasteiger partial charge in [-0.25, -0.2) is 0 Å². The van der Waals surface area contributed by atoms with Gasteiger partial charge in [-0.1, -0.05) is 43.7 Å². The van der Waals surface area contributed by atoms with Crippen molar-refractivity contribution < 1.29 is 4.79 Å². The molecule has 2 bridgehead atoms. The van der Waals surface area contributed by atoms with Crippen LogP contribution in [0.4, 0.5) is 5.69 Å². The Kier molecular flexibility index (Phi) is 3.01. The molecule has 5 atom stereocenters. The van der Waals surface area contributed by atoms with Gasteiger partial charge in [0.1, 0.15) is 0 Å². The molecule has 0 radical (unpaired) electrons. The first-order valence-electron chi connectivity index (χ1n) is 8.57. The van der Waals surface area contributed by atoms with Gasteiger partial charge in [0.15, 0.2) is 0 Å². The second kappa shape index (κ2) is 4.71. The fourth-order valence-electron chi connectivity index (χ4n) is 5.43. The second-order valence-corrected chi connectivity index (χ2v) is 7.70. The van der Waals surface area contributed by atoms with Crippen LogP contribution in [0, 0.1) is 23.7 Å². The number of fused-ring (bicyclic) bond motifs is 2. The topological polar surface area (TPSA) is 20.3 Å². The third-order valence-corrected chi connectivity index (χ3v) is 6.31. The Morgan fingerprint density at radius 3 is 2.68 bits per heavy atom. The molecule has 2 heteroatoms. The van der Waals surface area contributed by atoms with E-state index in [2.05, 4.69) is 56.0 Å². The Morgan fingerprint density at radius 2 is 2.00 bits per heavy atom. The Balaban J connectivity index is 1.88. The molecule has 1 fully saturated rings. The fraction of sp³-hybridized carbons (Fsp3) is 0.550. The largest absolute Gasteiger partial charge is 0.308 e. The van der Waals surface area contributed by atoms with Crippen LogP contribution >= 0.6 is 0 Å². The van der Waals surface area contributed by atoms with Crippen molar-refractivity contribution in [2.24, 2.45) is 23.7 Å². The van der Waals surface area contributed by atoms with E-state index in [4.69, 9.17) is 0 Å². The number of carbonyl (C=O) groups is 1. The zero-order chi connectivity index (χ0) is 15.6. The summed E-state index contributed by atoms with van der Waals surface area (Å²) in [7, 11) is 0. The van der Waals surface area contributed by atoms with Gasteiger partial charge in [0.2, 0.25) is 5.91 Å². The van der Waals surface area contributed by atoms with Crippen molar-refractivity contribution in [3.05, 3.63) is 41.5 Å². The lowest BCUT2D eigenvalue weighted by Gasteiger charge is -2.52. The van der Waals surface area contributed by atoms with Gasteiger partial charge in [-0.3, -0.25) is 4.79 Å². The molecule has 4 aliphatic rings. The molecule has 5 rings (SSSR count). The number of rotatable bonds is 1. The first-order valence-corrected chi connectivity index (χ1v) is 8.57. The van der Waals surface area contributed by atoms with Crippen LogP contribution in [0.2, 0.25) is 0 Å². The van der Waals surface area contributed by atoms with Gasteiger partial charge < -0.3 is 4.90 Å². The van der Waals surface area contributed by atoms with Crippen LogP contribution < -0.4 is 4.90 Å². The van der Waals surface area contributed by atoms with E-state index in [0.717, 1.165) is 5.69 Å². The maximum Gasteiger partial charge on any atom is 0.224 e. The van der Waals surface area contributed by atoms with E-state index in [1.54, 1.807) is 12.5 Å². The zero-order valence-electron chi connectivity index (χ0n) is 13.9. The molecule has 0 saturated heterocycles. The Morgan fingerprint density at radius 1 is 1.27 bits per heavy atom. The molecule has 3 aliphatic carbocycles. The summed E-state index contributed by atoms with van der Waals surface area (Å²) in [6.07, 6.45) is 3.77. The van der Waals surface area contributed by atoms with Gasteiger partial charge in [-0.2, -0.15) is 0 Å². The summed E-state index contributed by atoms with van der Waals surface area (Å²) >= 11 is 0. The minimum absolute atomic E-state index is 0.195. The number of hydrogen-bond acceptors (Lipinski definition) is 1. The van der Waals surface area contributed by atoms with Gasteiger partial charge >= 0.3 is 0 Å². The van der Waals surface area contributed by atoms with Gasteiger partial charge in [0.25, 0.3) is 0 Å². The molecule has 22 heavy (non-hydrogen) atoms. The lowest BCUT2D eigenvalue weighted by atomic mass is 9.55. The maximum absolute atomic E-state index is 12.4. The molecular weight excluding hydrogens is 270 g/mol. The van der Waals surface area contributed by atoms with Crippen molar-refractivity contribution in [1.29, 1.82) is 0 Å². The quantitative estimate of drug-likeness (QED) is 0.704. The van der Waals surface area contributed by atoms with Crippen LogP contribution in [0.1, 0.15) is 45.6 Å². The number of hydrogen-bond donors (Lipinski definition) is 0. The minimum Gasteiger partial charge on any atom is -0.308 e. The molecule has 1 saturated carbocycles. The van der Waals surface area contributed by atoms with Gasteiger partial charge in [-0.05, 0) is 42.7 Å². The third-order valence-electron chi connectivity index (χ3n) is 6.31. The molecule has 1 aromatic rings. The molecule has 1 amide bonds. The van der Waals surface area contributed by atoms with Crippen LogP contribution in [0.3, 0.4) is 0 Å². The van der Waals surface area contributed by atoms with E-state index in [-0.39, 0.29) is 5.91 Å². The highest BCUT2D eigenvalue weighted by molar-refractivity contribution is 5.95. The predicted molar refractivity (Wildman–Crippen MR) is 89.8 cm³/mol. The highest BCUT2D eigenvalue weighted by Gasteiger charge is 2.55. The van der Waals surface area contributed by atoms with Crippen molar-refractivity contribution in [2.45, 2.75) is 46.1 Å². The summed E-state index contributed by atoms with van der Waals surface area (Å²) in [6, 6.07) is 8.90. The first kappa shape index (κ1) is 14.0. The number of para-hydroxylation sites is 1. The van der Waals surface area contributed by atoms with E-state index < -0.39 is 0 Å². The van der Waals surface area contributed by atoms with Gasteiger partial charge in [-0.15, -0.1) is 0 Å². The molecule has 1 aromatic carbocycles. The summed E-state index contributed by atoms with van der Waals surface area (Å²) in [5, 5.41) is 0. The summed E-state index contributed by atoms with van der Waals surface area (Å²) in [4.78, 5) is 14.5. The van der Waals surface area contributed by atoms with Crippen molar-refractivity contribution >= 4 is 11.6 Å². The number of carbonyl (C=O) groups excluding carboxylic acids is 1. The number of benzene rings is 1. The molecule has 116 valence electrons. The molecule has 1 heterocycles. The SMILES string of the molecule is CC(=O)N1c2ccccc2C2C1[C@@H]1C=C(C)[C@H]2CC1C(C)C. The van der Waals surface area contributed by atoms with Crippen LogP contribution in [-0.4, -0.2) is 11.9 Å². The van der Waals surface area contributed by atoms with E-state index in [9.17, 15) is 4.79 Å². The van der Waals surface area contributed by atoms with Crippen molar-refractivity contribution in [3.8, 4) is 0 Å². The first-order chi connectivity index (χ1) is 10.5. The lowest BCUT2D eigenvalue weighted by molar-refractivity contribution is -0.117. The number of amides is 1. The van der Waals surface area contributed by atoms with E-state index >= 15 is 0 Å². The molecule has 0 aromatic heterocycles. The normalized spacial score (nSPS) is 35.4. The molecule has 0 N–H and O–H groups in total. The van der Waals surface area contributed by atoms with Gasteiger partial charge in [0.05, 0.1) is 6.04 Å². The van der Waals surface area contributed by atoms with E-state index in [1.165, 1.54) is 12.0 Å². The molecule has 3 unspecified atom stereocenters. The smallest absolute Gasteiger partial charge is 0.224 e. The maximum atomic E-state index is 12.4. The number of anilines is 1. The monoisotopic (exact) mass is 295 g/mol. The average molecular weight is 295 g/mol. The molecular formula is C20H25NO. The summed E-state index contributed by atoms with van der Waals surface area (Å²) in [5.41, 5.74) is 4.10. The predicted octanol–water partition coefficient (Wildman–Crippen LogP) is 4.37. The Hall–Kier alpha value is -1.57. The standard InChI is InChI=1S/C20H25NO/c1-11(2)15-10-16-12(3)9-17(15)20-19(16)14-7-5-6-8-18(14)21(20)13(4)22/h5-9,11,15-17,19-20H,10H2,1-4H3/t15?,16-,17-,19?,20?/m1/s1. The van der Waals surface area contributed by atoms with Crippen LogP contribution in [0.5, 0.6) is 0 Å². The second-order valence-electron chi connectivity index (χ2n) is 7.70. The lowest BCUT2D eigenvalue weighted by Crippen LogP contribution is -2.53. The summed E-state index contributed by atoms with van der Waals surface area (Å²) in [5.74, 6) is 3.19. The van der Waals surface area contributed by atoms with E-state index in [0.29, 0.717) is 35.6 Å².